The van der Waals surface area contributed by atoms with Crippen LogP contribution in [0.25, 0.3) is 0 Å². The number of benzene rings is 2. The Morgan fingerprint density at radius 2 is 1.97 bits per heavy atom. The van der Waals surface area contributed by atoms with Crippen LogP contribution in [0.4, 0.5) is 0 Å². The predicted molar refractivity (Wildman–Crippen MR) is 116 cm³/mol. The van der Waals surface area contributed by atoms with Gasteiger partial charge < -0.3 is 15.2 Å². The molecule has 1 aliphatic heterocycles. The molecule has 0 aliphatic carbocycles. The third-order valence-corrected chi connectivity index (χ3v) is 5.69. The number of aromatic hydroxyl groups is 1. The van der Waals surface area contributed by atoms with Crippen LogP contribution in [0.15, 0.2) is 36.4 Å². The van der Waals surface area contributed by atoms with Gasteiger partial charge in [-0.3, -0.25) is 9.69 Å². The van der Waals surface area contributed by atoms with E-state index in [-0.39, 0.29) is 29.0 Å². The fourth-order valence-corrected chi connectivity index (χ4v) is 4.18. The third kappa shape index (κ3) is 5.22. The van der Waals surface area contributed by atoms with E-state index >= 15 is 0 Å². The number of phenolic OH excluding ortho intramolecular Hbond substituents is 1. The Labute approximate surface area is 177 Å². The van der Waals surface area contributed by atoms with Gasteiger partial charge in [0.15, 0.2) is 5.75 Å². The van der Waals surface area contributed by atoms with Crippen LogP contribution in [0.1, 0.15) is 47.7 Å². The third-order valence-electron chi connectivity index (χ3n) is 5.41. The molecule has 2 aromatic carbocycles. The van der Waals surface area contributed by atoms with E-state index in [1.165, 1.54) is 12.7 Å². The van der Waals surface area contributed by atoms with Crippen molar-refractivity contribution in [2.45, 2.75) is 45.2 Å². The van der Waals surface area contributed by atoms with E-state index in [2.05, 4.69) is 34.5 Å². The van der Waals surface area contributed by atoms with Crippen molar-refractivity contribution in [2.24, 2.45) is 0 Å². The molecule has 0 spiro atoms. The molecule has 5 nitrogen and oxygen atoms in total. The van der Waals surface area contributed by atoms with E-state index in [9.17, 15) is 9.90 Å². The topological polar surface area (TPSA) is 61.8 Å². The Morgan fingerprint density at radius 1 is 1.28 bits per heavy atom. The molecule has 29 heavy (non-hydrogen) atoms. The van der Waals surface area contributed by atoms with Crippen LogP contribution in [-0.4, -0.2) is 42.2 Å². The lowest BCUT2D eigenvalue weighted by Gasteiger charge is -2.32. The summed E-state index contributed by atoms with van der Waals surface area (Å²) in [5.74, 6) is -0.143. The minimum Gasteiger partial charge on any atom is -0.507 e. The number of phenols is 1. The van der Waals surface area contributed by atoms with Crippen LogP contribution in [0.2, 0.25) is 5.02 Å². The van der Waals surface area contributed by atoms with E-state index in [0.717, 1.165) is 38.9 Å². The minimum atomic E-state index is -0.333. The van der Waals surface area contributed by atoms with Crippen LogP contribution in [0, 0.1) is 0 Å². The van der Waals surface area contributed by atoms with E-state index in [1.807, 2.05) is 13.0 Å². The highest BCUT2D eigenvalue weighted by Gasteiger charge is 2.27. The van der Waals surface area contributed by atoms with Crippen LogP contribution < -0.4 is 10.1 Å². The van der Waals surface area contributed by atoms with Crippen LogP contribution >= 0.6 is 11.6 Å². The normalized spacial score (nSPS) is 15.3. The first-order valence-electron chi connectivity index (χ1n) is 10.2. The largest absolute Gasteiger partial charge is 0.507 e. The van der Waals surface area contributed by atoms with Gasteiger partial charge in [0.2, 0.25) is 0 Å². The number of methoxy groups -OCH3 is 1. The molecule has 1 heterocycles. The highest BCUT2D eigenvalue weighted by molar-refractivity contribution is 6.33. The molecular formula is C23H29ClN2O3. The van der Waals surface area contributed by atoms with Crippen molar-refractivity contribution in [2.75, 3.05) is 20.2 Å². The first kappa shape index (κ1) is 21.5. The van der Waals surface area contributed by atoms with Gasteiger partial charge in [-0.05, 0) is 36.5 Å². The number of likely N-dealkylation sites (tertiary alicyclic amines) is 1. The number of rotatable bonds is 7. The molecule has 1 saturated heterocycles. The van der Waals surface area contributed by atoms with Crippen LogP contribution in [0.3, 0.4) is 0 Å². The lowest BCUT2D eigenvalue weighted by atomic mass is 10.0. The van der Waals surface area contributed by atoms with Gasteiger partial charge >= 0.3 is 0 Å². The van der Waals surface area contributed by atoms with E-state index in [1.54, 1.807) is 6.07 Å². The first-order valence-corrected chi connectivity index (χ1v) is 10.6. The van der Waals surface area contributed by atoms with E-state index in [0.29, 0.717) is 17.0 Å². The van der Waals surface area contributed by atoms with Crippen LogP contribution in [0.5, 0.6) is 11.5 Å². The summed E-state index contributed by atoms with van der Waals surface area (Å²) < 4.78 is 5.32. The summed E-state index contributed by atoms with van der Waals surface area (Å²) in [6, 6.07) is 12.1. The number of nitrogens with one attached hydrogen (secondary N) is 1. The van der Waals surface area contributed by atoms with Gasteiger partial charge in [0, 0.05) is 25.7 Å². The Bertz CT molecular complexity index is 834. The van der Waals surface area contributed by atoms with Crippen LogP contribution in [-0.2, 0) is 13.0 Å². The van der Waals surface area contributed by atoms with Gasteiger partial charge in [0.05, 0.1) is 12.1 Å². The number of amides is 1. The van der Waals surface area contributed by atoms with Gasteiger partial charge in [0.1, 0.15) is 11.3 Å². The molecular weight excluding hydrogens is 388 g/mol. The van der Waals surface area contributed by atoms with Crippen molar-refractivity contribution >= 4 is 17.5 Å². The molecule has 3 rings (SSSR count). The summed E-state index contributed by atoms with van der Waals surface area (Å²) in [6.45, 7) is 4.77. The number of aryl methyl sites for hydroxylation is 1. The van der Waals surface area contributed by atoms with Crippen molar-refractivity contribution in [3.05, 3.63) is 58.1 Å². The summed E-state index contributed by atoms with van der Waals surface area (Å²) in [5.41, 5.74) is 2.10. The number of carbonyl (C=O) groups excluding carboxylic acids is 1. The molecule has 6 heteroatoms. The summed E-state index contributed by atoms with van der Waals surface area (Å²) in [5, 5.41) is 14.1. The van der Waals surface area contributed by atoms with Gasteiger partial charge in [-0.2, -0.15) is 0 Å². The molecule has 0 bridgehead atoms. The zero-order valence-corrected chi connectivity index (χ0v) is 17.8. The maximum absolute atomic E-state index is 13.0. The molecule has 1 fully saturated rings. The second kappa shape index (κ2) is 9.99. The number of nitrogens with zero attached hydrogens (tertiary/aromatic N) is 1. The molecule has 0 radical (unpaired) electrons. The fourth-order valence-electron chi connectivity index (χ4n) is 3.88. The van der Waals surface area contributed by atoms with Gasteiger partial charge in [0.25, 0.3) is 5.91 Å². The molecule has 156 valence electrons. The van der Waals surface area contributed by atoms with Crippen molar-refractivity contribution in [1.29, 1.82) is 0 Å². The zero-order chi connectivity index (χ0) is 20.8. The monoisotopic (exact) mass is 416 g/mol. The summed E-state index contributed by atoms with van der Waals surface area (Å²) in [7, 11) is 1.46. The van der Waals surface area contributed by atoms with Crippen molar-refractivity contribution < 1.29 is 14.6 Å². The standard InChI is InChI=1S/C23H29ClN2O3/c1-3-7-17-14-19(24)22(29-2)20(21(17)27)23(28)25-18-10-12-26(13-11-18)15-16-8-5-4-6-9-16/h4-6,8-9,14,18,27H,3,7,10-13,15H2,1-2H3,(H,25,28). The van der Waals surface area contributed by atoms with E-state index in [4.69, 9.17) is 16.3 Å². The summed E-state index contributed by atoms with van der Waals surface area (Å²) in [4.78, 5) is 15.4. The first-order chi connectivity index (χ1) is 14.0. The molecule has 2 N–H and O–H groups in total. The molecule has 0 unspecified atom stereocenters. The molecule has 2 aromatic rings. The lowest BCUT2D eigenvalue weighted by Crippen LogP contribution is -2.44. The Balaban J connectivity index is 1.65. The number of ether oxygens (including phenoxy) is 1. The summed E-state index contributed by atoms with van der Waals surface area (Å²) in [6.07, 6.45) is 3.22. The average Bonchev–Trinajstić information content (AvgIpc) is 2.72. The van der Waals surface area contributed by atoms with Gasteiger partial charge in [-0.25, -0.2) is 0 Å². The molecule has 0 aromatic heterocycles. The highest BCUT2D eigenvalue weighted by atomic mass is 35.5. The number of carbonyl (C=O) groups is 1. The van der Waals surface area contributed by atoms with Crippen molar-refractivity contribution in [3.63, 3.8) is 0 Å². The second-order valence-electron chi connectivity index (χ2n) is 7.53. The maximum atomic E-state index is 13.0. The number of hydrogen-bond donors (Lipinski definition) is 2. The molecule has 1 amide bonds. The fraction of sp³-hybridized carbons (Fsp3) is 0.435. The number of halogens is 1. The Hall–Kier alpha value is -2.24. The number of piperidine rings is 1. The van der Waals surface area contributed by atoms with E-state index < -0.39 is 0 Å². The molecule has 0 atom stereocenters. The maximum Gasteiger partial charge on any atom is 0.259 e. The second-order valence-corrected chi connectivity index (χ2v) is 7.94. The highest BCUT2D eigenvalue weighted by Crippen LogP contribution is 2.38. The SMILES string of the molecule is CCCc1cc(Cl)c(OC)c(C(=O)NC2CCN(Cc3ccccc3)CC2)c1O. The number of hydrogen-bond acceptors (Lipinski definition) is 4. The van der Waals surface area contributed by atoms with Gasteiger partial charge in [-0.15, -0.1) is 0 Å². The predicted octanol–water partition coefficient (Wildman–Crippen LogP) is 4.40. The quantitative estimate of drug-likeness (QED) is 0.702. The average molecular weight is 417 g/mol. The zero-order valence-electron chi connectivity index (χ0n) is 17.1. The Kier molecular flexibility index (Phi) is 7.40. The smallest absolute Gasteiger partial charge is 0.259 e. The van der Waals surface area contributed by atoms with Crippen molar-refractivity contribution in [3.8, 4) is 11.5 Å². The molecule has 1 aliphatic rings. The Morgan fingerprint density at radius 3 is 2.59 bits per heavy atom. The summed E-state index contributed by atoms with van der Waals surface area (Å²) >= 11 is 6.30. The van der Waals surface area contributed by atoms with Crippen molar-refractivity contribution in [1.82, 2.24) is 10.2 Å². The molecule has 0 saturated carbocycles. The minimum absolute atomic E-state index is 0.0351. The van der Waals surface area contributed by atoms with Gasteiger partial charge in [-0.1, -0.05) is 55.3 Å². The lowest BCUT2D eigenvalue weighted by molar-refractivity contribution is 0.0903.